The van der Waals surface area contributed by atoms with Crippen molar-refractivity contribution in [2.24, 2.45) is 5.92 Å². The third-order valence-electron chi connectivity index (χ3n) is 3.40. The number of alkyl halides is 3. The zero-order chi connectivity index (χ0) is 16.0. The second-order valence-corrected chi connectivity index (χ2v) is 5.73. The van der Waals surface area contributed by atoms with Crippen molar-refractivity contribution in [3.8, 4) is 0 Å². The van der Waals surface area contributed by atoms with Crippen LogP contribution in [0.2, 0.25) is 0 Å². The molecule has 1 rings (SSSR count). The summed E-state index contributed by atoms with van der Waals surface area (Å²) >= 11 is 0. The van der Waals surface area contributed by atoms with E-state index in [4.69, 9.17) is 0 Å². The molecule has 21 heavy (non-hydrogen) atoms. The van der Waals surface area contributed by atoms with Gasteiger partial charge in [0.25, 0.3) is 0 Å². The van der Waals surface area contributed by atoms with E-state index < -0.39 is 11.7 Å². The van der Waals surface area contributed by atoms with Gasteiger partial charge in [0.1, 0.15) is 0 Å². The second-order valence-electron chi connectivity index (χ2n) is 5.73. The molecular formula is C16H25F3N2. The number of rotatable bonds is 7. The van der Waals surface area contributed by atoms with Gasteiger partial charge in [0, 0.05) is 25.8 Å². The third kappa shape index (κ3) is 5.58. The molecule has 0 aliphatic heterocycles. The molecule has 1 N–H and O–H groups in total. The predicted octanol–water partition coefficient (Wildman–Crippen LogP) is 4.30. The van der Waals surface area contributed by atoms with Crippen LogP contribution in [-0.2, 0) is 12.7 Å². The number of nitrogens with zero attached hydrogens (tertiary/aromatic N) is 1. The molecule has 0 spiro atoms. The summed E-state index contributed by atoms with van der Waals surface area (Å²) in [5, 5.41) is 3.05. The van der Waals surface area contributed by atoms with Crippen LogP contribution in [0.1, 0.15) is 38.3 Å². The summed E-state index contributed by atoms with van der Waals surface area (Å²) in [5.74, 6) is 0.467. The zero-order valence-electron chi connectivity index (χ0n) is 13.2. The molecule has 0 fully saturated rings. The number of hydrogen-bond donors (Lipinski definition) is 1. The molecule has 2 nitrogen and oxygen atoms in total. The predicted molar refractivity (Wildman–Crippen MR) is 81.5 cm³/mol. The maximum absolute atomic E-state index is 13.3. The van der Waals surface area contributed by atoms with Gasteiger partial charge >= 0.3 is 6.18 Å². The van der Waals surface area contributed by atoms with Gasteiger partial charge in [-0.1, -0.05) is 26.8 Å². The summed E-state index contributed by atoms with van der Waals surface area (Å²) < 4.78 is 39.8. The SMILES string of the molecule is CCNCc1ccc(N(C)CCC(C)C)c(C(F)(F)F)c1. The minimum Gasteiger partial charge on any atom is -0.374 e. The maximum atomic E-state index is 13.3. The summed E-state index contributed by atoms with van der Waals surface area (Å²) in [6, 6.07) is 4.60. The van der Waals surface area contributed by atoms with E-state index >= 15 is 0 Å². The molecule has 0 amide bonds. The highest BCUT2D eigenvalue weighted by molar-refractivity contribution is 5.56. The molecule has 0 aliphatic rings. The third-order valence-corrected chi connectivity index (χ3v) is 3.40. The number of benzene rings is 1. The highest BCUT2D eigenvalue weighted by Gasteiger charge is 2.34. The number of halogens is 3. The van der Waals surface area contributed by atoms with Gasteiger partial charge in [0.05, 0.1) is 5.56 Å². The summed E-state index contributed by atoms with van der Waals surface area (Å²) in [7, 11) is 1.72. The van der Waals surface area contributed by atoms with Crippen molar-refractivity contribution in [2.75, 3.05) is 25.0 Å². The molecule has 0 unspecified atom stereocenters. The van der Waals surface area contributed by atoms with Crippen LogP contribution in [0, 0.1) is 5.92 Å². The van der Waals surface area contributed by atoms with E-state index in [0.717, 1.165) is 13.0 Å². The molecule has 0 bridgehead atoms. The van der Waals surface area contributed by atoms with Gasteiger partial charge in [-0.25, -0.2) is 0 Å². The average molecular weight is 302 g/mol. The van der Waals surface area contributed by atoms with Gasteiger partial charge in [0.15, 0.2) is 0 Å². The Morgan fingerprint density at radius 3 is 2.43 bits per heavy atom. The molecule has 1 aromatic rings. The van der Waals surface area contributed by atoms with Gasteiger partial charge < -0.3 is 10.2 Å². The average Bonchev–Trinajstić information content (AvgIpc) is 2.41. The molecule has 120 valence electrons. The monoisotopic (exact) mass is 302 g/mol. The summed E-state index contributed by atoms with van der Waals surface area (Å²) in [6.45, 7) is 7.87. The van der Waals surface area contributed by atoms with E-state index in [1.54, 1.807) is 24.1 Å². The largest absolute Gasteiger partial charge is 0.418 e. The van der Waals surface area contributed by atoms with Crippen LogP contribution >= 0.6 is 0 Å². The molecule has 5 heteroatoms. The van der Waals surface area contributed by atoms with Crippen molar-refractivity contribution >= 4 is 5.69 Å². The first kappa shape index (κ1) is 17.8. The van der Waals surface area contributed by atoms with Crippen LogP contribution in [0.25, 0.3) is 0 Å². The standard InChI is InChI=1S/C16H25F3N2/c1-5-20-11-13-6-7-15(14(10-13)16(17,18)19)21(4)9-8-12(2)3/h6-7,10,12,20H,5,8-9,11H2,1-4H3. The summed E-state index contributed by atoms with van der Waals surface area (Å²) in [6.07, 6.45) is -3.46. The first-order chi connectivity index (χ1) is 9.75. The quantitative estimate of drug-likeness (QED) is 0.808. The molecule has 0 radical (unpaired) electrons. The Morgan fingerprint density at radius 2 is 1.90 bits per heavy atom. The Morgan fingerprint density at radius 1 is 1.24 bits per heavy atom. The molecule has 0 aromatic heterocycles. The lowest BCUT2D eigenvalue weighted by Crippen LogP contribution is -2.24. The van der Waals surface area contributed by atoms with E-state index in [0.29, 0.717) is 24.6 Å². The number of anilines is 1. The second kappa shape index (κ2) is 7.69. The van der Waals surface area contributed by atoms with Crippen molar-refractivity contribution in [3.63, 3.8) is 0 Å². The van der Waals surface area contributed by atoms with E-state index in [1.165, 1.54) is 6.07 Å². The van der Waals surface area contributed by atoms with Crippen molar-refractivity contribution in [1.82, 2.24) is 5.32 Å². The topological polar surface area (TPSA) is 15.3 Å². The lowest BCUT2D eigenvalue weighted by Gasteiger charge is -2.25. The normalized spacial score (nSPS) is 12.0. The Labute approximate surface area is 125 Å². The van der Waals surface area contributed by atoms with E-state index in [-0.39, 0.29) is 5.69 Å². The van der Waals surface area contributed by atoms with Crippen LogP contribution in [0.4, 0.5) is 18.9 Å². The summed E-state index contributed by atoms with van der Waals surface area (Å²) in [4.78, 5) is 1.69. The fourth-order valence-electron chi connectivity index (χ4n) is 2.09. The minimum absolute atomic E-state index is 0.253. The summed E-state index contributed by atoms with van der Waals surface area (Å²) in [5.41, 5.74) is 0.359. The Balaban J connectivity index is 3.01. The van der Waals surface area contributed by atoms with Crippen molar-refractivity contribution < 1.29 is 13.2 Å². The van der Waals surface area contributed by atoms with E-state index in [2.05, 4.69) is 19.2 Å². The fraction of sp³-hybridized carbons (Fsp3) is 0.625. The number of nitrogens with one attached hydrogen (secondary N) is 1. The maximum Gasteiger partial charge on any atom is 0.418 e. The van der Waals surface area contributed by atoms with Gasteiger partial charge in [-0.05, 0) is 36.6 Å². The first-order valence-corrected chi connectivity index (χ1v) is 7.37. The van der Waals surface area contributed by atoms with Crippen LogP contribution in [-0.4, -0.2) is 20.1 Å². The van der Waals surface area contributed by atoms with Crippen LogP contribution in [0.15, 0.2) is 18.2 Å². The van der Waals surface area contributed by atoms with Gasteiger partial charge in [-0.15, -0.1) is 0 Å². The highest BCUT2D eigenvalue weighted by atomic mass is 19.4. The molecule has 1 aromatic carbocycles. The lowest BCUT2D eigenvalue weighted by molar-refractivity contribution is -0.137. The van der Waals surface area contributed by atoms with E-state index in [9.17, 15) is 13.2 Å². The molecule has 0 saturated heterocycles. The first-order valence-electron chi connectivity index (χ1n) is 7.37. The van der Waals surface area contributed by atoms with Gasteiger partial charge in [0.2, 0.25) is 0 Å². The van der Waals surface area contributed by atoms with Gasteiger partial charge in [-0.3, -0.25) is 0 Å². The molecule has 0 aliphatic carbocycles. The minimum atomic E-state index is -4.33. The zero-order valence-corrected chi connectivity index (χ0v) is 13.2. The lowest BCUT2D eigenvalue weighted by atomic mass is 10.1. The van der Waals surface area contributed by atoms with Crippen molar-refractivity contribution in [1.29, 1.82) is 0 Å². The van der Waals surface area contributed by atoms with Crippen molar-refractivity contribution in [3.05, 3.63) is 29.3 Å². The fourth-order valence-corrected chi connectivity index (χ4v) is 2.09. The highest BCUT2D eigenvalue weighted by Crippen LogP contribution is 2.37. The van der Waals surface area contributed by atoms with Crippen LogP contribution in [0.5, 0.6) is 0 Å². The smallest absolute Gasteiger partial charge is 0.374 e. The van der Waals surface area contributed by atoms with Gasteiger partial charge in [-0.2, -0.15) is 13.2 Å². The Bertz CT molecular complexity index is 442. The molecular weight excluding hydrogens is 277 g/mol. The number of hydrogen-bond acceptors (Lipinski definition) is 2. The Kier molecular flexibility index (Phi) is 6.52. The van der Waals surface area contributed by atoms with Crippen LogP contribution in [0.3, 0.4) is 0 Å². The van der Waals surface area contributed by atoms with E-state index in [1.807, 2.05) is 6.92 Å². The molecule has 0 atom stereocenters. The Hall–Kier alpha value is -1.23. The van der Waals surface area contributed by atoms with Crippen LogP contribution < -0.4 is 10.2 Å². The molecule has 0 saturated carbocycles. The molecule has 0 heterocycles. The van der Waals surface area contributed by atoms with Crippen molar-refractivity contribution in [2.45, 2.75) is 39.9 Å².